The van der Waals surface area contributed by atoms with Crippen molar-refractivity contribution >= 4 is 30.9 Å². The summed E-state index contributed by atoms with van der Waals surface area (Å²) in [6, 6.07) is 1.30. The zero-order chi connectivity index (χ0) is 8.91. The summed E-state index contributed by atoms with van der Waals surface area (Å²) in [5.41, 5.74) is 0. The predicted octanol–water partition coefficient (Wildman–Crippen LogP) is 3.44. The topological polar surface area (TPSA) is 9.23 Å². The van der Waals surface area contributed by atoms with Crippen LogP contribution >= 0.6 is 22.6 Å². The summed E-state index contributed by atoms with van der Waals surface area (Å²) >= 11 is 2.43. The van der Waals surface area contributed by atoms with Gasteiger partial charge >= 0.3 is 0 Å². The van der Waals surface area contributed by atoms with Gasteiger partial charge in [-0.25, -0.2) is 0 Å². The molecule has 0 N–H and O–H groups in total. The summed E-state index contributed by atoms with van der Waals surface area (Å²) in [5, 5.41) is 0. The first-order chi connectivity index (χ1) is 4.98. The summed E-state index contributed by atoms with van der Waals surface area (Å²) in [7, 11) is -1.29. The van der Waals surface area contributed by atoms with E-state index in [1.807, 2.05) is 0 Å². The van der Waals surface area contributed by atoms with Gasteiger partial charge in [-0.3, -0.25) is 0 Å². The molecule has 0 aliphatic rings. The second-order valence-corrected chi connectivity index (χ2v) is 9.05. The molecule has 3 heteroatoms. The Labute approximate surface area is 85.2 Å². The van der Waals surface area contributed by atoms with E-state index in [9.17, 15) is 0 Å². The number of halogens is 1. The van der Waals surface area contributed by atoms with Crippen molar-refractivity contribution in [2.75, 3.05) is 4.43 Å². The van der Waals surface area contributed by atoms with Crippen LogP contribution in [0.25, 0.3) is 0 Å². The van der Waals surface area contributed by atoms with Gasteiger partial charge in [0.25, 0.3) is 0 Å². The van der Waals surface area contributed by atoms with Gasteiger partial charge in [-0.05, 0) is 43.8 Å². The molecule has 0 saturated heterocycles. The number of rotatable bonds is 5. The SMILES string of the molecule is CC(C)O[Si](C)(C)CCCI. The van der Waals surface area contributed by atoms with Crippen molar-refractivity contribution in [1.82, 2.24) is 0 Å². The van der Waals surface area contributed by atoms with Crippen LogP contribution in [0.1, 0.15) is 20.3 Å². The van der Waals surface area contributed by atoms with Gasteiger partial charge in [0, 0.05) is 6.10 Å². The van der Waals surface area contributed by atoms with E-state index in [0.717, 1.165) is 0 Å². The Balaban J connectivity index is 3.61. The summed E-state index contributed by atoms with van der Waals surface area (Å²) in [6.45, 7) is 8.86. The second-order valence-electron chi connectivity index (χ2n) is 3.72. The van der Waals surface area contributed by atoms with Gasteiger partial charge in [0.1, 0.15) is 0 Å². The molecule has 0 heterocycles. The second kappa shape index (κ2) is 5.53. The van der Waals surface area contributed by atoms with Crippen LogP contribution in [-0.4, -0.2) is 18.8 Å². The van der Waals surface area contributed by atoms with Crippen molar-refractivity contribution in [1.29, 1.82) is 0 Å². The smallest absolute Gasteiger partial charge is 0.187 e. The fraction of sp³-hybridized carbons (Fsp3) is 1.00. The van der Waals surface area contributed by atoms with Crippen LogP contribution in [0.15, 0.2) is 0 Å². The molecule has 0 amide bonds. The van der Waals surface area contributed by atoms with Crippen LogP contribution in [0.5, 0.6) is 0 Å². The average molecular weight is 286 g/mol. The zero-order valence-corrected chi connectivity index (χ0v) is 11.1. The molecule has 0 aromatic carbocycles. The van der Waals surface area contributed by atoms with Crippen LogP contribution in [0, 0.1) is 0 Å². The first-order valence-electron chi connectivity index (χ1n) is 4.22. The van der Waals surface area contributed by atoms with Crippen LogP contribution in [0.3, 0.4) is 0 Å². The Kier molecular flexibility index (Phi) is 5.99. The molecule has 0 rings (SSSR count). The van der Waals surface area contributed by atoms with Crippen LogP contribution in [0.2, 0.25) is 19.1 Å². The molecule has 0 aromatic rings. The monoisotopic (exact) mass is 286 g/mol. The summed E-state index contributed by atoms with van der Waals surface area (Å²) < 4.78 is 7.13. The minimum atomic E-state index is -1.29. The molecule has 0 aromatic heterocycles. The van der Waals surface area contributed by atoms with Gasteiger partial charge in [0.2, 0.25) is 0 Å². The van der Waals surface area contributed by atoms with E-state index in [-0.39, 0.29) is 0 Å². The molecule has 0 bridgehead atoms. The molecule has 0 saturated carbocycles. The molecule has 0 atom stereocenters. The van der Waals surface area contributed by atoms with Gasteiger partial charge in [0.15, 0.2) is 8.32 Å². The Morgan fingerprint density at radius 2 is 1.91 bits per heavy atom. The van der Waals surface area contributed by atoms with Crippen molar-refractivity contribution in [2.24, 2.45) is 0 Å². The highest BCUT2D eigenvalue weighted by atomic mass is 127. The Bertz CT molecular complexity index is 104. The lowest BCUT2D eigenvalue weighted by atomic mass is 10.5. The molecular formula is C8H19IOSi. The van der Waals surface area contributed by atoms with E-state index >= 15 is 0 Å². The van der Waals surface area contributed by atoms with Crippen molar-refractivity contribution in [3.8, 4) is 0 Å². The minimum absolute atomic E-state index is 0.408. The highest BCUT2D eigenvalue weighted by Gasteiger charge is 2.22. The molecule has 0 aliphatic heterocycles. The third kappa shape index (κ3) is 7.27. The number of alkyl halides is 1. The Morgan fingerprint density at radius 3 is 2.27 bits per heavy atom. The average Bonchev–Trinajstić information content (AvgIpc) is 1.81. The lowest BCUT2D eigenvalue weighted by Gasteiger charge is -2.25. The molecular weight excluding hydrogens is 267 g/mol. The highest BCUT2D eigenvalue weighted by molar-refractivity contribution is 14.1. The number of hydrogen-bond acceptors (Lipinski definition) is 1. The minimum Gasteiger partial charge on any atom is -0.415 e. The third-order valence-corrected chi connectivity index (χ3v) is 4.90. The lowest BCUT2D eigenvalue weighted by Crippen LogP contribution is -2.33. The predicted molar refractivity (Wildman–Crippen MR) is 62.0 cm³/mol. The van der Waals surface area contributed by atoms with Crippen LogP contribution < -0.4 is 0 Å². The molecule has 11 heavy (non-hydrogen) atoms. The van der Waals surface area contributed by atoms with E-state index in [0.29, 0.717) is 6.10 Å². The van der Waals surface area contributed by atoms with E-state index in [4.69, 9.17) is 4.43 Å². The van der Waals surface area contributed by atoms with E-state index < -0.39 is 8.32 Å². The summed E-state index contributed by atoms with van der Waals surface area (Å²) in [6.07, 6.45) is 1.72. The van der Waals surface area contributed by atoms with Gasteiger partial charge in [-0.2, -0.15) is 0 Å². The Morgan fingerprint density at radius 1 is 1.36 bits per heavy atom. The van der Waals surface area contributed by atoms with Crippen molar-refractivity contribution in [2.45, 2.75) is 45.5 Å². The van der Waals surface area contributed by atoms with Gasteiger partial charge in [-0.15, -0.1) is 0 Å². The fourth-order valence-corrected chi connectivity index (χ4v) is 4.71. The molecule has 0 unspecified atom stereocenters. The zero-order valence-electron chi connectivity index (χ0n) is 7.98. The lowest BCUT2D eigenvalue weighted by molar-refractivity contribution is 0.231. The standard InChI is InChI=1S/C8H19IOSi/c1-8(2)10-11(3,4)7-5-6-9/h8H,5-7H2,1-4H3. The van der Waals surface area contributed by atoms with E-state index in [2.05, 4.69) is 49.5 Å². The number of hydrogen-bond donors (Lipinski definition) is 0. The van der Waals surface area contributed by atoms with E-state index in [1.54, 1.807) is 0 Å². The largest absolute Gasteiger partial charge is 0.415 e. The van der Waals surface area contributed by atoms with Gasteiger partial charge in [-0.1, -0.05) is 22.6 Å². The maximum Gasteiger partial charge on any atom is 0.187 e. The molecule has 0 aliphatic carbocycles. The van der Waals surface area contributed by atoms with Crippen molar-refractivity contribution in [3.63, 3.8) is 0 Å². The van der Waals surface area contributed by atoms with Crippen LogP contribution in [-0.2, 0) is 4.43 Å². The van der Waals surface area contributed by atoms with Crippen molar-refractivity contribution in [3.05, 3.63) is 0 Å². The maximum absolute atomic E-state index is 5.88. The van der Waals surface area contributed by atoms with Gasteiger partial charge in [0.05, 0.1) is 0 Å². The molecule has 1 nitrogen and oxygen atoms in total. The molecule has 68 valence electrons. The first-order valence-corrected chi connectivity index (χ1v) is 8.86. The Hall–Kier alpha value is 0.907. The van der Waals surface area contributed by atoms with Crippen molar-refractivity contribution < 1.29 is 4.43 Å². The molecule has 0 fully saturated rings. The fourth-order valence-electron chi connectivity index (χ4n) is 1.19. The highest BCUT2D eigenvalue weighted by Crippen LogP contribution is 2.16. The van der Waals surface area contributed by atoms with Crippen LogP contribution in [0.4, 0.5) is 0 Å². The summed E-state index contributed by atoms with van der Waals surface area (Å²) in [4.78, 5) is 0. The third-order valence-electron chi connectivity index (χ3n) is 1.47. The maximum atomic E-state index is 5.88. The normalized spacial score (nSPS) is 12.5. The molecule has 0 radical (unpaired) electrons. The van der Waals surface area contributed by atoms with E-state index in [1.165, 1.54) is 16.9 Å². The van der Waals surface area contributed by atoms with Gasteiger partial charge < -0.3 is 4.43 Å². The molecule has 0 spiro atoms. The quantitative estimate of drug-likeness (QED) is 0.427. The first kappa shape index (κ1) is 11.9. The summed E-state index contributed by atoms with van der Waals surface area (Å²) in [5.74, 6) is 0.